The number of Topliss-reactive ketones (excluding diaryl/α,β-unsaturated/α-hetero) is 1. The van der Waals surface area contributed by atoms with E-state index in [9.17, 15) is 9.18 Å². The molecule has 17 heavy (non-hydrogen) atoms. The zero-order valence-corrected chi connectivity index (χ0v) is 10.7. The first-order valence-corrected chi connectivity index (χ1v) is 5.82. The molecule has 0 unspecified atom stereocenters. The van der Waals surface area contributed by atoms with Crippen LogP contribution in [0.5, 0.6) is 0 Å². The molecule has 0 aliphatic carbocycles. The lowest BCUT2D eigenvalue weighted by Gasteiger charge is -2.01. The van der Waals surface area contributed by atoms with E-state index in [0.717, 1.165) is 0 Å². The van der Waals surface area contributed by atoms with Crippen LogP contribution >= 0.6 is 15.9 Å². The van der Waals surface area contributed by atoms with Gasteiger partial charge in [0, 0.05) is 17.7 Å². The highest BCUT2D eigenvalue weighted by atomic mass is 79.9. The van der Waals surface area contributed by atoms with Gasteiger partial charge in [-0.15, -0.1) is 0 Å². The van der Waals surface area contributed by atoms with Crippen molar-refractivity contribution in [3.63, 3.8) is 0 Å². The van der Waals surface area contributed by atoms with Crippen molar-refractivity contribution in [1.82, 2.24) is 9.78 Å². The van der Waals surface area contributed by atoms with Crippen LogP contribution in [0.3, 0.4) is 0 Å². The molecule has 1 aromatic carbocycles. The van der Waals surface area contributed by atoms with Crippen molar-refractivity contribution < 1.29 is 9.18 Å². The van der Waals surface area contributed by atoms with Crippen molar-refractivity contribution in [2.45, 2.75) is 6.42 Å². The number of hydrogen-bond donors (Lipinski definition) is 0. The molecule has 0 fully saturated rings. The lowest BCUT2D eigenvalue weighted by molar-refractivity contribution is 0.0988. The molecule has 0 bridgehead atoms. The summed E-state index contributed by atoms with van der Waals surface area (Å²) in [6, 6.07) is 6.07. The van der Waals surface area contributed by atoms with Gasteiger partial charge in [-0.2, -0.15) is 5.10 Å². The third-order valence-electron chi connectivity index (χ3n) is 2.34. The van der Waals surface area contributed by atoms with E-state index < -0.39 is 5.82 Å². The molecule has 88 valence electrons. The molecule has 1 aromatic heterocycles. The largest absolute Gasteiger partial charge is 0.294 e. The Morgan fingerprint density at radius 3 is 2.88 bits per heavy atom. The second-order valence-corrected chi connectivity index (χ2v) is 4.62. The predicted octanol–water partition coefficient (Wildman–Crippen LogP) is 2.75. The number of hydrogen-bond acceptors (Lipinski definition) is 2. The van der Waals surface area contributed by atoms with E-state index in [1.807, 2.05) is 0 Å². The fraction of sp³-hybridized carbons (Fsp3) is 0.167. The van der Waals surface area contributed by atoms with Gasteiger partial charge >= 0.3 is 0 Å². The minimum absolute atomic E-state index is 0.0880. The highest BCUT2D eigenvalue weighted by molar-refractivity contribution is 9.10. The van der Waals surface area contributed by atoms with Crippen LogP contribution < -0.4 is 0 Å². The minimum Gasteiger partial charge on any atom is -0.294 e. The van der Waals surface area contributed by atoms with E-state index >= 15 is 0 Å². The van der Waals surface area contributed by atoms with E-state index in [-0.39, 0.29) is 17.8 Å². The number of benzene rings is 1. The molecule has 3 nitrogen and oxygen atoms in total. The van der Waals surface area contributed by atoms with Crippen LogP contribution in [-0.2, 0) is 13.5 Å². The fourth-order valence-electron chi connectivity index (χ4n) is 1.53. The maximum Gasteiger partial charge on any atom is 0.171 e. The summed E-state index contributed by atoms with van der Waals surface area (Å²) in [5.74, 6) is -0.781. The molecule has 0 atom stereocenters. The normalized spacial score (nSPS) is 10.5. The smallest absolute Gasteiger partial charge is 0.171 e. The van der Waals surface area contributed by atoms with Crippen molar-refractivity contribution in [1.29, 1.82) is 0 Å². The molecule has 0 radical (unpaired) electrons. The zero-order valence-electron chi connectivity index (χ0n) is 9.15. The van der Waals surface area contributed by atoms with Crippen LogP contribution in [0.4, 0.5) is 4.39 Å². The van der Waals surface area contributed by atoms with E-state index in [1.165, 1.54) is 12.1 Å². The summed E-state index contributed by atoms with van der Waals surface area (Å²) in [5, 5.41) is 4.09. The van der Waals surface area contributed by atoms with Crippen LogP contribution in [0.2, 0.25) is 0 Å². The monoisotopic (exact) mass is 296 g/mol. The van der Waals surface area contributed by atoms with Gasteiger partial charge in [0.05, 0.1) is 17.7 Å². The quantitative estimate of drug-likeness (QED) is 0.817. The van der Waals surface area contributed by atoms with E-state index in [2.05, 4.69) is 21.0 Å². The zero-order chi connectivity index (χ0) is 12.4. The fourth-order valence-corrected chi connectivity index (χ4v) is 1.89. The Morgan fingerprint density at radius 1 is 1.47 bits per heavy atom. The molecule has 0 aliphatic heterocycles. The number of aryl methyl sites for hydroxylation is 1. The SMILES string of the molecule is Cn1ccc(CC(=O)c2cc(Br)ccc2F)n1. The first kappa shape index (κ1) is 12.0. The average Bonchev–Trinajstić information content (AvgIpc) is 2.67. The summed E-state index contributed by atoms with van der Waals surface area (Å²) >= 11 is 3.22. The Morgan fingerprint density at radius 2 is 2.24 bits per heavy atom. The van der Waals surface area contributed by atoms with Gasteiger partial charge in [-0.1, -0.05) is 15.9 Å². The van der Waals surface area contributed by atoms with Gasteiger partial charge in [-0.05, 0) is 24.3 Å². The molecule has 0 N–H and O–H groups in total. The maximum absolute atomic E-state index is 13.5. The van der Waals surface area contributed by atoms with Crippen LogP contribution in [0.1, 0.15) is 16.1 Å². The standard InChI is InChI=1S/C12H10BrFN2O/c1-16-5-4-9(15-16)7-12(17)10-6-8(13)2-3-11(10)14/h2-6H,7H2,1H3. The van der Waals surface area contributed by atoms with Crippen LogP contribution in [0.15, 0.2) is 34.9 Å². The van der Waals surface area contributed by atoms with Crippen molar-refractivity contribution in [3.05, 3.63) is 52.0 Å². The van der Waals surface area contributed by atoms with Gasteiger partial charge in [0.1, 0.15) is 5.82 Å². The summed E-state index contributed by atoms with van der Waals surface area (Å²) < 4.78 is 15.8. The van der Waals surface area contributed by atoms with E-state index in [4.69, 9.17) is 0 Å². The first-order chi connectivity index (χ1) is 8.06. The number of rotatable bonds is 3. The number of ketones is 1. The average molecular weight is 297 g/mol. The topological polar surface area (TPSA) is 34.9 Å². The van der Waals surface area contributed by atoms with Crippen LogP contribution in [-0.4, -0.2) is 15.6 Å². The number of carbonyl (C=O) groups is 1. The van der Waals surface area contributed by atoms with Crippen LogP contribution in [0, 0.1) is 5.82 Å². The number of carbonyl (C=O) groups excluding carboxylic acids is 1. The van der Waals surface area contributed by atoms with E-state index in [0.29, 0.717) is 10.2 Å². The third kappa shape index (κ3) is 2.79. The molecule has 5 heteroatoms. The van der Waals surface area contributed by atoms with Gasteiger partial charge in [0.2, 0.25) is 0 Å². The summed E-state index contributed by atoms with van der Waals surface area (Å²) in [7, 11) is 1.77. The number of nitrogens with zero attached hydrogens (tertiary/aromatic N) is 2. The lowest BCUT2D eigenvalue weighted by atomic mass is 10.1. The van der Waals surface area contributed by atoms with Gasteiger partial charge in [0.25, 0.3) is 0 Å². The molecule has 0 spiro atoms. The summed E-state index contributed by atoms with van der Waals surface area (Å²) in [6.45, 7) is 0. The summed E-state index contributed by atoms with van der Waals surface area (Å²) in [4.78, 5) is 11.9. The molecule has 0 aliphatic rings. The molecule has 2 rings (SSSR count). The van der Waals surface area contributed by atoms with Gasteiger partial charge in [-0.3, -0.25) is 9.48 Å². The molecule has 1 heterocycles. The maximum atomic E-state index is 13.5. The molecule has 0 saturated carbocycles. The molecular formula is C12H10BrFN2O. The van der Waals surface area contributed by atoms with Crippen LogP contribution in [0.25, 0.3) is 0 Å². The lowest BCUT2D eigenvalue weighted by Crippen LogP contribution is -2.07. The number of halogens is 2. The minimum atomic E-state index is -0.505. The highest BCUT2D eigenvalue weighted by Crippen LogP contribution is 2.17. The van der Waals surface area contributed by atoms with Gasteiger partial charge < -0.3 is 0 Å². The van der Waals surface area contributed by atoms with Crippen molar-refractivity contribution in [2.75, 3.05) is 0 Å². The Balaban J connectivity index is 2.22. The Kier molecular flexibility index (Phi) is 3.38. The predicted molar refractivity (Wildman–Crippen MR) is 65.3 cm³/mol. The second-order valence-electron chi connectivity index (χ2n) is 3.70. The van der Waals surface area contributed by atoms with Crippen molar-refractivity contribution >= 4 is 21.7 Å². The first-order valence-electron chi connectivity index (χ1n) is 5.03. The second kappa shape index (κ2) is 4.79. The third-order valence-corrected chi connectivity index (χ3v) is 2.83. The highest BCUT2D eigenvalue weighted by Gasteiger charge is 2.13. The van der Waals surface area contributed by atoms with Gasteiger partial charge in [-0.25, -0.2) is 4.39 Å². The molecule has 0 amide bonds. The summed E-state index contributed by atoms with van der Waals surface area (Å²) in [6.07, 6.45) is 1.86. The molecule has 2 aromatic rings. The Hall–Kier alpha value is -1.49. The summed E-state index contributed by atoms with van der Waals surface area (Å²) in [5.41, 5.74) is 0.724. The van der Waals surface area contributed by atoms with E-state index in [1.54, 1.807) is 30.1 Å². The van der Waals surface area contributed by atoms with Gasteiger partial charge in [0.15, 0.2) is 5.78 Å². The molecule has 0 saturated heterocycles. The van der Waals surface area contributed by atoms with Crippen molar-refractivity contribution in [2.24, 2.45) is 7.05 Å². The molecular weight excluding hydrogens is 287 g/mol. The Bertz CT molecular complexity index is 565. The van der Waals surface area contributed by atoms with Crippen molar-refractivity contribution in [3.8, 4) is 0 Å². The Labute approximate surface area is 106 Å². The number of aromatic nitrogens is 2.